The van der Waals surface area contributed by atoms with E-state index >= 15 is 0 Å². The lowest BCUT2D eigenvalue weighted by molar-refractivity contribution is -0.0323. The van der Waals surface area contributed by atoms with Crippen LogP contribution in [0.3, 0.4) is 0 Å². The number of benzene rings is 2. The summed E-state index contributed by atoms with van der Waals surface area (Å²) in [4.78, 5) is 2.63. The number of hydrogen-bond donors (Lipinski definition) is 2. The molecule has 1 heterocycles. The van der Waals surface area contributed by atoms with Crippen LogP contribution in [0.2, 0.25) is 0 Å². The van der Waals surface area contributed by atoms with E-state index in [9.17, 15) is 10.2 Å². The monoisotopic (exact) mass is 487 g/mol. The molecule has 4 nitrogen and oxygen atoms in total. The number of fused-ring (bicyclic) bond motifs is 7. The molecule has 2 unspecified atom stereocenters. The van der Waals surface area contributed by atoms with Crippen molar-refractivity contribution in [1.82, 2.24) is 4.90 Å². The molecule has 8 atom stereocenters. The number of aliphatic hydroxyl groups is 1. The van der Waals surface area contributed by atoms with Gasteiger partial charge in [-0.15, -0.1) is 0 Å². The molecule has 2 N–H and O–H groups in total. The summed E-state index contributed by atoms with van der Waals surface area (Å²) >= 11 is 0. The van der Waals surface area contributed by atoms with Crippen LogP contribution in [0, 0.1) is 23.2 Å². The fraction of sp³-hybridized carbons (Fsp3) is 0.625. The highest BCUT2D eigenvalue weighted by Crippen LogP contribution is 2.65. The normalized spacial score (nSPS) is 39.0. The summed E-state index contributed by atoms with van der Waals surface area (Å²) in [5.74, 6) is 4.28. The molecule has 36 heavy (non-hydrogen) atoms. The number of hydrogen-bond acceptors (Lipinski definition) is 4. The van der Waals surface area contributed by atoms with Crippen molar-refractivity contribution < 1.29 is 14.9 Å². The van der Waals surface area contributed by atoms with Gasteiger partial charge in [0.05, 0.1) is 6.10 Å². The van der Waals surface area contributed by atoms with Crippen LogP contribution < -0.4 is 4.74 Å². The van der Waals surface area contributed by atoms with Crippen molar-refractivity contribution in [1.29, 1.82) is 0 Å². The number of aliphatic hydroxyl groups excluding tert-OH is 1. The number of piperidine rings is 1. The van der Waals surface area contributed by atoms with E-state index in [1.807, 2.05) is 12.1 Å². The van der Waals surface area contributed by atoms with Gasteiger partial charge in [0.25, 0.3) is 0 Å². The highest BCUT2D eigenvalue weighted by molar-refractivity contribution is 5.43. The van der Waals surface area contributed by atoms with Gasteiger partial charge >= 0.3 is 0 Å². The number of ether oxygens (including phenoxy) is 1. The predicted octanol–water partition coefficient (Wildman–Crippen LogP) is 5.87. The minimum atomic E-state index is -0.198. The molecule has 5 aliphatic rings. The molecule has 0 spiro atoms. The van der Waals surface area contributed by atoms with E-state index in [1.54, 1.807) is 0 Å². The Labute approximate surface area is 215 Å². The van der Waals surface area contributed by atoms with Gasteiger partial charge in [-0.25, -0.2) is 0 Å². The number of rotatable bonds is 5. The van der Waals surface area contributed by atoms with Gasteiger partial charge in [0.1, 0.15) is 18.1 Å². The molecular formula is C32H41NO3. The molecule has 2 bridgehead atoms. The third kappa shape index (κ3) is 3.70. The Hall–Kier alpha value is -2.04. The molecule has 4 fully saturated rings. The number of nitrogens with zero attached hydrogens (tertiary/aromatic N) is 1. The molecule has 4 heteroatoms. The first-order chi connectivity index (χ1) is 17.5. The van der Waals surface area contributed by atoms with Gasteiger partial charge in [-0.1, -0.05) is 25.1 Å². The number of aromatic hydroxyl groups is 1. The Morgan fingerprint density at radius 3 is 2.67 bits per heavy atom. The second-order valence-corrected chi connectivity index (χ2v) is 12.9. The average molecular weight is 488 g/mol. The second kappa shape index (κ2) is 8.77. The molecule has 2 aromatic carbocycles. The highest BCUT2D eigenvalue weighted by Gasteiger charge is 2.57. The fourth-order valence-corrected chi connectivity index (χ4v) is 9.39. The second-order valence-electron chi connectivity index (χ2n) is 12.9. The summed E-state index contributed by atoms with van der Waals surface area (Å²) in [5.41, 5.74) is 4.11. The number of phenolic OH excluding ortho intramolecular Hbond substituents is 1. The standard InChI is InChI=1S/C32H41NO3/c1-32-18-28(21-3-8-25(9-4-21)36-15-14-33-19-20-2-6-23(33)16-20)31-26-11-7-24(34)17-22(26)5-10-27(31)29(32)12-13-30(32)35/h3-4,7-9,11,17,20,23,27-31,34-35H,2,5-6,10,12-16,18-19H2,1H3/t20?,23?,27-,28+,29-,30-,31+,32-/m0/s1. The predicted molar refractivity (Wildman–Crippen MR) is 141 cm³/mol. The van der Waals surface area contributed by atoms with E-state index in [0.717, 1.165) is 63.0 Å². The molecule has 4 aliphatic carbocycles. The average Bonchev–Trinajstić information content (AvgIpc) is 3.59. The zero-order valence-electron chi connectivity index (χ0n) is 21.6. The Morgan fingerprint density at radius 2 is 1.89 bits per heavy atom. The molecule has 7 rings (SSSR count). The van der Waals surface area contributed by atoms with Crippen LogP contribution in [-0.4, -0.2) is 47.0 Å². The molecule has 2 aromatic rings. The van der Waals surface area contributed by atoms with Crippen LogP contribution in [0.4, 0.5) is 0 Å². The van der Waals surface area contributed by atoms with Gasteiger partial charge in [-0.2, -0.15) is 0 Å². The molecule has 1 saturated heterocycles. The molecule has 0 radical (unpaired) electrons. The van der Waals surface area contributed by atoms with Crippen LogP contribution in [0.25, 0.3) is 0 Å². The van der Waals surface area contributed by atoms with E-state index < -0.39 is 0 Å². The largest absolute Gasteiger partial charge is 0.508 e. The SMILES string of the molecule is C[C@]12C[C@H](c3ccc(OCCN4CC5CCC4C5)cc3)[C@@H]3c4ccc(O)cc4CC[C@H]3[C@@H]1CC[C@@H]2O. The van der Waals surface area contributed by atoms with E-state index in [1.165, 1.54) is 42.5 Å². The lowest BCUT2D eigenvalue weighted by Gasteiger charge is -2.54. The minimum absolute atomic E-state index is 0.00939. The maximum Gasteiger partial charge on any atom is 0.119 e. The van der Waals surface area contributed by atoms with Crippen LogP contribution in [0.1, 0.15) is 80.4 Å². The lowest BCUT2D eigenvalue weighted by Crippen LogP contribution is -2.47. The van der Waals surface area contributed by atoms with E-state index in [2.05, 4.69) is 42.2 Å². The summed E-state index contributed by atoms with van der Waals surface area (Å²) in [6.07, 6.45) is 9.30. The van der Waals surface area contributed by atoms with Gasteiger partial charge in [0.15, 0.2) is 0 Å². The topological polar surface area (TPSA) is 52.9 Å². The zero-order valence-corrected chi connectivity index (χ0v) is 21.6. The molecular weight excluding hydrogens is 446 g/mol. The molecule has 1 aliphatic heterocycles. The Morgan fingerprint density at radius 1 is 1.03 bits per heavy atom. The minimum Gasteiger partial charge on any atom is -0.508 e. The van der Waals surface area contributed by atoms with E-state index in [4.69, 9.17) is 4.74 Å². The van der Waals surface area contributed by atoms with Gasteiger partial charge in [-0.3, -0.25) is 4.90 Å². The third-order valence-corrected chi connectivity index (χ3v) is 11.1. The van der Waals surface area contributed by atoms with Crippen LogP contribution >= 0.6 is 0 Å². The van der Waals surface area contributed by atoms with E-state index in [0.29, 0.717) is 29.4 Å². The van der Waals surface area contributed by atoms with Crippen molar-refractivity contribution in [2.45, 2.75) is 82.3 Å². The first-order valence-corrected chi connectivity index (χ1v) is 14.5. The Balaban J connectivity index is 1.12. The first kappa shape index (κ1) is 23.1. The summed E-state index contributed by atoms with van der Waals surface area (Å²) in [6.45, 7) is 5.42. The van der Waals surface area contributed by atoms with E-state index in [-0.39, 0.29) is 11.5 Å². The quantitative estimate of drug-likeness (QED) is 0.554. The van der Waals surface area contributed by atoms with Gasteiger partial charge in [0, 0.05) is 19.1 Å². The van der Waals surface area contributed by atoms with Gasteiger partial charge in [0.2, 0.25) is 0 Å². The number of aryl methyl sites for hydroxylation is 1. The van der Waals surface area contributed by atoms with Crippen LogP contribution in [0.5, 0.6) is 11.5 Å². The Kier molecular flexibility index (Phi) is 5.63. The number of likely N-dealkylation sites (tertiary alicyclic amines) is 1. The van der Waals surface area contributed by atoms with Crippen molar-refractivity contribution in [3.8, 4) is 11.5 Å². The summed E-state index contributed by atoms with van der Waals surface area (Å²) in [7, 11) is 0. The summed E-state index contributed by atoms with van der Waals surface area (Å²) < 4.78 is 6.19. The zero-order chi connectivity index (χ0) is 24.4. The maximum atomic E-state index is 11.1. The summed E-state index contributed by atoms with van der Waals surface area (Å²) in [6, 6.07) is 15.8. The first-order valence-electron chi connectivity index (χ1n) is 14.5. The van der Waals surface area contributed by atoms with Gasteiger partial charge < -0.3 is 14.9 Å². The molecule has 0 amide bonds. The van der Waals surface area contributed by atoms with Crippen LogP contribution in [-0.2, 0) is 6.42 Å². The molecule has 0 aromatic heterocycles. The molecule has 192 valence electrons. The lowest BCUT2D eigenvalue weighted by atomic mass is 9.51. The van der Waals surface area contributed by atoms with Crippen molar-refractivity contribution in [2.75, 3.05) is 19.7 Å². The smallest absolute Gasteiger partial charge is 0.119 e. The van der Waals surface area contributed by atoms with Crippen LogP contribution in [0.15, 0.2) is 42.5 Å². The van der Waals surface area contributed by atoms with Crippen molar-refractivity contribution in [2.24, 2.45) is 23.2 Å². The highest BCUT2D eigenvalue weighted by atomic mass is 16.5. The fourth-order valence-electron chi connectivity index (χ4n) is 9.39. The number of phenols is 1. The van der Waals surface area contributed by atoms with Crippen molar-refractivity contribution in [3.05, 3.63) is 59.2 Å². The van der Waals surface area contributed by atoms with Gasteiger partial charge in [-0.05, 0) is 127 Å². The Bertz CT molecular complexity index is 1110. The maximum absolute atomic E-state index is 11.1. The third-order valence-electron chi connectivity index (χ3n) is 11.1. The summed E-state index contributed by atoms with van der Waals surface area (Å²) in [5, 5.41) is 21.2. The van der Waals surface area contributed by atoms with Crippen molar-refractivity contribution in [3.63, 3.8) is 0 Å². The van der Waals surface area contributed by atoms with Crippen molar-refractivity contribution >= 4 is 0 Å². The molecule has 3 saturated carbocycles.